The van der Waals surface area contributed by atoms with E-state index in [4.69, 9.17) is 16.3 Å². The summed E-state index contributed by atoms with van der Waals surface area (Å²) in [5.74, 6) is 1.28. The average Bonchev–Trinajstić information content (AvgIpc) is 3.07. The summed E-state index contributed by atoms with van der Waals surface area (Å²) >= 11 is 6.45. The summed E-state index contributed by atoms with van der Waals surface area (Å²) in [4.78, 5) is 13.6. The zero-order valence-electron chi connectivity index (χ0n) is 14.3. The summed E-state index contributed by atoms with van der Waals surface area (Å²) in [5, 5.41) is 9.99. The fraction of sp³-hybridized carbons (Fsp3) is 0.211. The molecular formula is C19H17ClN4O2. The fourth-order valence-electron chi connectivity index (χ4n) is 2.88. The first kappa shape index (κ1) is 16.8. The van der Waals surface area contributed by atoms with Crippen LogP contribution in [0.1, 0.15) is 12.6 Å². The summed E-state index contributed by atoms with van der Waals surface area (Å²) in [6.07, 6.45) is 2.95. The van der Waals surface area contributed by atoms with E-state index in [1.165, 1.54) is 0 Å². The van der Waals surface area contributed by atoms with Crippen LogP contribution in [0, 0.1) is 6.92 Å². The number of pyridine rings is 1. The van der Waals surface area contributed by atoms with Gasteiger partial charge in [0.1, 0.15) is 23.7 Å². The first-order valence-electron chi connectivity index (χ1n) is 8.24. The average molecular weight is 369 g/mol. The lowest BCUT2D eigenvalue weighted by Crippen LogP contribution is -2.12. The molecule has 1 aromatic carbocycles. The van der Waals surface area contributed by atoms with Gasteiger partial charge in [0.25, 0.3) is 0 Å². The summed E-state index contributed by atoms with van der Waals surface area (Å²) in [5.41, 5.74) is 3.97. The van der Waals surface area contributed by atoms with Crippen molar-refractivity contribution in [2.45, 2.75) is 20.0 Å². The molecule has 7 heteroatoms. The molecule has 1 N–H and O–H groups in total. The van der Waals surface area contributed by atoms with Gasteiger partial charge in [0.05, 0.1) is 28.5 Å². The second-order valence-corrected chi connectivity index (χ2v) is 6.55. The third kappa shape index (κ3) is 2.87. The van der Waals surface area contributed by atoms with Crippen LogP contribution in [0.25, 0.3) is 28.1 Å². The zero-order chi connectivity index (χ0) is 18.3. The normalized spacial score (nSPS) is 12.6. The van der Waals surface area contributed by atoms with Crippen molar-refractivity contribution in [1.29, 1.82) is 0 Å². The molecule has 4 aromatic rings. The molecule has 4 rings (SSSR count). The minimum absolute atomic E-state index is 0.205. The summed E-state index contributed by atoms with van der Waals surface area (Å²) in [6.45, 7) is 3.82. The summed E-state index contributed by atoms with van der Waals surface area (Å²) in [6, 6.07) is 9.13. The van der Waals surface area contributed by atoms with E-state index in [0.717, 1.165) is 22.3 Å². The number of rotatable bonds is 4. The predicted octanol–water partition coefficient (Wildman–Crippen LogP) is 3.67. The minimum Gasteiger partial charge on any atom is -0.491 e. The second-order valence-electron chi connectivity index (χ2n) is 6.15. The number of ether oxygens (including phenoxy) is 1. The van der Waals surface area contributed by atoms with Gasteiger partial charge in [-0.2, -0.15) is 0 Å². The Labute approximate surface area is 155 Å². The Hall–Kier alpha value is -2.70. The van der Waals surface area contributed by atoms with Gasteiger partial charge in [-0.25, -0.2) is 15.0 Å². The second kappa shape index (κ2) is 6.55. The van der Waals surface area contributed by atoms with Gasteiger partial charge in [0, 0.05) is 11.8 Å². The number of benzene rings is 1. The van der Waals surface area contributed by atoms with E-state index in [0.29, 0.717) is 22.2 Å². The van der Waals surface area contributed by atoms with Gasteiger partial charge >= 0.3 is 0 Å². The van der Waals surface area contributed by atoms with Crippen LogP contribution in [-0.4, -0.2) is 37.2 Å². The van der Waals surface area contributed by atoms with Crippen LogP contribution in [0.3, 0.4) is 0 Å². The molecule has 1 atom stereocenters. The Morgan fingerprint density at radius 2 is 2.12 bits per heavy atom. The number of hydrogen-bond donors (Lipinski definition) is 1. The van der Waals surface area contributed by atoms with Crippen LogP contribution >= 0.6 is 11.6 Å². The number of nitrogens with zero attached hydrogens (tertiary/aromatic N) is 4. The van der Waals surface area contributed by atoms with Crippen LogP contribution in [-0.2, 0) is 0 Å². The molecule has 0 radical (unpaired) electrons. The number of aryl methyl sites for hydroxylation is 1. The molecule has 1 unspecified atom stereocenters. The molecule has 0 aliphatic carbocycles. The maximum atomic E-state index is 9.43. The third-order valence-electron chi connectivity index (χ3n) is 4.07. The number of aliphatic hydroxyl groups is 1. The molecule has 6 nitrogen and oxygen atoms in total. The molecule has 0 saturated heterocycles. The number of aliphatic hydroxyl groups excluding tert-OH is 1. The van der Waals surface area contributed by atoms with Crippen molar-refractivity contribution in [3.05, 3.63) is 53.4 Å². The lowest BCUT2D eigenvalue weighted by atomic mass is 10.2. The molecule has 0 amide bonds. The minimum atomic E-state index is -0.553. The molecule has 0 aliphatic rings. The number of fused-ring (bicyclic) bond motifs is 3. The maximum absolute atomic E-state index is 9.43. The highest BCUT2D eigenvalue weighted by Crippen LogP contribution is 2.33. The molecule has 132 valence electrons. The van der Waals surface area contributed by atoms with Gasteiger partial charge < -0.3 is 9.84 Å². The third-order valence-corrected chi connectivity index (χ3v) is 4.40. The van der Waals surface area contributed by atoms with Crippen molar-refractivity contribution in [1.82, 2.24) is 19.4 Å². The fourth-order valence-corrected chi connectivity index (χ4v) is 3.08. The molecule has 0 saturated carbocycles. The molecule has 26 heavy (non-hydrogen) atoms. The first-order chi connectivity index (χ1) is 12.5. The Kier molecular flexibility index (Phi) is 4.22. The van der Waals surface area contributed by atoms with Crippen LogP contribution < -0.4 is 4.74 Å². The molecule has 0 fully saturated rings. The van der Waals surface area contributed by atoms with Crippen molar-refractivity contribution in [2.24, 2.45) is 0 Å². The van der Waals surface area contributed by atoms with Gasteiger partial charge in [0.2, 0.25) is 0 Å². The Morgan fingerprint density at radius 3 is 2.92 bits per heavy atom. The van der Waals surface area contributed by atoms with Crippen molar-refractivity contribution in [3.8, 4) is 17.1 Å². The monoisotopic (exact) mass is 368 g/mol. The van der Waals surface area contributed by atoms with E-state index >= 15 is 0 Å². The molecule has 0 spiro atoms. The largest absolute Gasteiger partial charge is 0.491 e. The van der Waals surface area contributed by atoms with Gasteiger partial charge in [-0.05, 0) is 44.2 Å². The lowest BCUT2D eigenvalue weighted by Gasteiger charge is -2.11. The molecule has 3 aromatic heterocycles. The van der Waals surface area contributed by atoms with Gasteiger partial charge in [-0.3, -0.25) is 4.40 Å². The van der Waals surface area contributed by atoms with Crippen molar-refractivity contribution in [2.75, 3.05) is 6.61 Å². The van der Waals surface area contributed by atoms with E-state index in [1.807, 2.05) is 29.5 Å². The van der Waals surface area contributed by atoms with Crippen LogP contribution in [0.5, 0.6) is 5.75 Å². The SMILES string of the molecule is Cc1nc2cccnc2n2c(-c3cc(OCC(C)O)ccc3Cl)ncc12. The highest BCUT2D eigenvalue weighted by molar-refractivity contribution is 6.33. The van der Waals surface area contributed by atoms with Crippen LogP contribution in [0.2, 0.25) is 5.02 Å². The molecule has 3 heterocycles. The van der Waals surface area contributed by atoms with Crippen LogP contribution in [0.15, 0.2) is 42.7 Å². The molecule has 0 aliphatic heterocycles. The number of hydrogen-bond acceptors (Lipinski definition) is 5. The van der Waals surface area contributed by atoms with E-state index in [2.05, 4.69) is 15.0 Å². The summed E-state index contributed by atoms with van der Waals surface area (Å²) in [7, 11) is 0. The number of halogens is 1. The van der Waals surface area contributed by atoms with Gasteiger partial charge in [0.15, 0.2) is 5.65 Å². The predicted molar refractivity (Wildman–Crippen MR) is 101 cm³/mol. The number of aromatic nitrogens is 4. The van der Waals surface area contributed by atoms with E-state index < -0.39 is 6.10 Å². The van der Waals surface area contributed by atoms with Gasteiger partial charge in [-0.1, -0.05) is 11.6 Å². The Morgan fingerprint density at radius 1 is 1.27 bits per heavy atom. The quantitative estimate of drug-likeness (QED) is 0.595. The van der Waals surface area contributed by atoms with E-state index in [9.17, 15) is 5.11 Å². The van der Waals surface area contributed by atoms with E-state index in [-0.39, 0.29) is 6.61 Å². The maximum Gasteiger partial charge on any atom is 0.164 e. The highest BCUT2D eigenvalue weighted by Gasteiger charge is 2.16. The Bertz CT molecular complexity index is 1110. The van der Waals surface area contributed by atoms with Crippen molar-refractivity contribution in [3.63, 3.8) is 0 Å². The van der Waals surface area contributed by atoms with Crippen molar-refractivity contribution >= 4 is 28.3 Å². The van der Waals surface area contributed by atoms with Crippen molar-refractivity contribution < 1.29 is 9.84 Å². The lowest BCUT2D eigenvalue weighted by molar-refractivity contribution is 0.123. The highest BCUT2D eigenvalue weighted by atomic mass is 35.5. The summed E-state index contributed by atoms with van der Waals surface area (Å²) < 4.78 is 7.57. The van der Waals surface area contributed by atoms with Gasteiger partial charge in [-0.15, -0.1) is 0 Å². The Balaban J connectivity index is 1.93. The standard InChI is InChI=1S/C19H17ClN4O2/c1-11(25)10-26-13-5-6-15(20)14(8-13)18-22-9-17-12(2)23-16-4-3-7-21-19(16)24(17)18/h3-9,11,25H,10H2,1-2H3. The first-order valence-corrected chi connectivity index (χ1v) is 8.62. The van der Waals surface area contributed by atoms with Crippen LogP contribution in [0.4, 0.5) is 0 Å². The molecular weight excluding hydrogens is 352 g/mol. The topological polar surface area (TPSA) is 72.5 Å². The molecule has 0 bridgehead atoms. The smallest absolute Gasteiger partial charge is 0.164 e. The zero-order valence-corrected chi connectivity index (χ0v) is 15.1. The van der Waals surface area contributed by atoms with E-state index in [1.54, 1.807) is 31.5 Å². The number of imidazole rings is 1.